The molecule has 3 nitrogen and oxygen atoms in total. The molecular formula is C12H17NO2. The highest BCUT2D eigenvalue weighted by Crippen LogP contribution is 2.15. The number of rotatable bonds is 4. The SMILES string of the molecule is CCC(C)NC(=O)Cc1ccccc1O. The van der Waals surface area contributed by atoms with Crippen molar-refractivity contribution in [2.75, 3.05) is 0 Å². The smallest absolute Gasteiger partial charge is 0.224 e. The van der Waals surface area contributed by atoms with E-state index in [9.17, 15) is 9.90 Å². The van der Waals surface area contributed by atoms with Crippen LogP contribution in [0.4, 0.5) is 0 Å². The second-order valence-electron chi connectivity index (χ2n) is 3.68. The number of aromatic hydroxyl groups is 1. The maximum absolute atomic E-state index is 11.5. The lowest BCUT2D eigenvalue weighted by atomic mass is 10.1. The third-order valence-electron chi connectivity index (χ3n) is 2.36. The zero-order valence-corrected chi connectivity index (χ0v) is 9.16. The fraction of sp³-hybridized carbons (Fsp3) is 0.417. The predicted octanol–water partition coefficient (Wildman–Crippen LogP) is 1.85. The summed E-state index contributed by atoms with van der Waals surface area (Å²) in [6.45, 7) is 3.98. The van der Waals surface area contributed by atoms with Crippen molar-refractivity contribution in [2.24, 2.45) is 0 Å². The Hall–Kier alpha value is -1.51. The van der Waals surface area contributed by atoms with Gasteiger partial charge >= 0.3 is 0 Å². The van der Waals surface area contributed by atoms with Gasteiger partial charge in [0.25, 0.3) is 0 Å². The normalized spacial score (nSPS) is 12.1. The Morgan fingerprint density at radius 2 is 2.13 bits per heavy atom. The quantitative estimate of drug-likeness (QED) is 0.791. The summed E-state index contributed by atoms with van der Waals surface area (Å²) in [7, 11) is 0. The molecule has 15 heavy (non-hydrogen) atoms. The standard InChI is InChI=1S/C12H17NO2/c1-3-9(2)13-12(15)8-10-6-4-5-7-11(10)14/h4-7,9,14H,3,8H2,1-2H3,(H,13,15). The van der Waals surface area contributed by atoms with E-state index < -0.39 is 0 Å². The molecule has 0 aliphatic rings. The summed E-state index contributed by atoms with van der Waals surface area (Å²) in [5.41, 5.74) is 0.665. The molecule has 0 fully saturated rings. The van der Waals surface area contributed by atoms with Gasteiger partial charge in [-0.2, -0.15) is 0 Å². The van der Waals surface area contributed by atoms with Crippen molar-refractivity contribution in [3.63, 3.8) is 0 Å². The summed E-state index contributed by atoms with van der Waals surface area (Å²) < 4.78 is 0. The van der Waals surface area contributed by atoms with Gasteiger partial charge in [-0.25, -0.2) is 0 Å². The van der Waals surface area contributed by atoms with Crippen LogP contribution in [0.5, 0.6) is 5.75 Å². The molecule has 0 aliphatic heterocycles. The first-order valence-corrected chi connectivity index (χ1v) is 5.19. The lowest BCUT2D eigenvalue weighted by Gasteiger charge is -2.11. The van der Waals surface area contributed by atoms with Gasteiger partial charge in [-0.3, -0.25) is 4.79 Å². The number of amides is 1. The Morgan fingerprint density at radius 1 is 1.47 bits per heavy atom. The van der Waals surface area contributed by atoms with Crippen molar-refractivity contribution < 1.29 is 9.90 Å². The van der Waals surface area contributed by atoms with E-state index in [1.807, 2.05) is 19.9 Å². The first kappa shape index (κ1) is 11.6. The Bertz CT molecular complexity index is 336. The fourth-order valence-corrected chi connectivity index (χ4v) is 1.26. The second-order valence-corrected chi connectivity index (χ2v) is 3.68. The van der Waals surface area contributed by atoms with E-state index in [-0.39, 0.29) is 24.1 Å². The summed E-state index contributed by atoms with van der Waals surface area (Å²) in [4.78, 5) is 11.5. The highest BCUT2D eigenvalue weighted by atomic mass is 16.3. The van der Waals surface area contributed by atoms with E-state index in [0.717, 1.165) is 6.42 Å². The summed E-state index contributed by atoms with van der Waals surface area (Å²) in [6.07, 6.45) is 1.14. The fourth-order valence-electron chi connectivity index (χ4n) is 1.26. The number of phenolic OH excluding ortho intramolecular Hbond substituents is 1. The van der Waals surface area contributed by atoms with Crippen LogP contribution in [0.25, 0.3) is 0 Å². The molecule has 1 amide bonds. The molecule has 2 N–H and O–H groups in total. The van der Waals surface area contributed by atoms with Crippen molar-refractivity contribution >= 4 is 5.91 Å². The molecule has 0 radical (unpaired) electrons. The third-order valence-corrected chi connectivity index (χ3v) is 2.36. The average Bonchev–Trinajstić information content (AvgIpc) is 2.21. The van der Waals surface area contributed by atoms with Crippen LogP contribution in [-0.2, 0) is 11.2 Å². The molecule has 0 aromatic heterocycles. The van der Waals surface area contributed by atoms with Gasteiger partial charge in [-0.05, 0) is 19.4 Å². The molecule has 1 rings (SSSR count). The van der Waals surface area contributed by atoms with Crippen molar-refractivity contribution in [3.05, 3.63) is 29.8 Å². The predicted molar refractivity (Wildman–Crippen MR) is 59.7 cm³/mol. The Morgan fingerprint density at radius 3 is 2.73 bits per heavy atom. The minimum Gasteiger partial charge on any atom is -0.508 e. The van der Waals surface area contributed by atoms with Gasteiger partial charge in [0, 0.05) is 11.6 Å². The van der Waals surface area contributed by atoms with E-state index in [1.54, 1.807) is 18.2 Å². The highest BCUT2D eigenvalue weighted by molar-refractivity contribution is 5.79. The topological polar surface area (TPSA) is 49.3 Å². The van der Waals surface area contributed by atoms with Crippen molar-refractivity contribution in [3.8, 4) is 5.75 Å². The molecule has 1 aromatic rings. The first-order valence-electron chi connectivity index (χ1n) is 5.19. The highest BCUT2D eigenvalue weighted by Gasteiger charge is 2.08. The van der Waals surface area contributed by atoms with Crippen LogP contribution < -0.4 is 5.32 Å². The van der Waals surface area contributed by atoms with E-state index in [4.69, 9.17) is 0 Å². The minimum atomic E-state index is -0.0501. The van der Waals surface area contributed by atoms with Crippen LogP contribution in [0.2, 0.25) is 0 Å². The van der Waals surface area contributed by atoms with Gasteiger partial charge in [0.15, 0.2) is 0 Å². The number of hydrogen-bond donors (Lipinski definition) is 2. The number of nitrogens with one attached hydrogen (secondary N) is 1. The van der Waals surface area contributed by atoms with Crippen molar-refractivity contribution in [1.29, 1.82) is 0 Å². The van der Waals surface area contributed by atoms with Crippen LogP contribution in [0.1, 0.15) is 25.8 Å². The second kappa shape index (κ2) is 5.39. The van der Waals surface area contributed by atoms with Crippen LogP contribution in [0.15, 0.2) is 24.3 Å². The summed E-state index contributed by atoms with van der Waals surface area (Å²) in [5, 5.41) is 12.3. The van der Waals surface area contributed by atoms with Crippen LogP contribution >= 0.6 is 0 Å². The summed E-state index contributed by atoms with van der Waals surface area (Å²) in [5.74, 6) is 0.127. The lowest BCUT2D eigenvalue weighted by Crippen LogP contribution is -2.33. The molecule has 3 heteroatoms. The molecular weight excluding hydrogens is 190 g/mol. The van der Waals surface area contributed by atoms with Crippen molar-refractivity contribution in [1.82, 2.24) is 5.32 Å². The lowest BCUT2D eigenvalue weighted by molar-refractivity contribution is -0.121. The average molecular weight is 207 g/mol. The van der Waals surface area contributed by atoms with Gasteiger partial charge in [0.1, 0.15) is 5.75 Å². The molecule has 0 saturated carbocycles. The van der Waals surface area contributed by atoms with Gasteiger partial charge < -0.3 is 10.4 Å². The third kappa shape index (κ3) is 3.62. The Kier molecular flexibility index (Phi) is 4.16. The number of carbonyl (C=O) groups is 1. The largest absolute Gasteiger partial charge is 0.508 e. The molecule has 1 unspecified atom stereocenters. The number of carbonyl (C=O) groups excluding carboxylic acids is 1. The van der Waals surface area contributed by atoms with Crippen molar-refractivity contribution in [2.45, 2.75) is 32.7 Å². The van der Waals surface area contributed by atoms with Gasteiger partial charge in [-0.1, -0.05) is 25.1 Å². The number of para-hydroxylation sites is 1. The molecule has 1 atom stereocenters. The number of benzene rings is 1. The maximum atomic E-state index is 11.5. The van der Waals surface area contributed by atoms with Gasteiger partial charge in [0.2, 0.25) is 5.91 Å². The molecule has 1 aromatic carbocycles. The maximum Gasteiger partial charge on any atom is 0.224 e. The zero-order valence-electron chi connectivity index (χ0n) is 9.16. The molecule has 0 aliphatic carbocycles. The molecule has 82 valence electrons. The molecule has 0 spiro atoms. The van der Waals surface area contributed by atoms with Gasteiger partial charge in [-0.15, -0.1) is 0 Å². The molecule has 0 saturated heterocycles. The number of phenols is 1. The summed E-state index contributed by atoms with van der Waals surface area (Å²) >= 11 is 0. The Balaban J connectivity index is 2.55. The van der Waals surface area contributed by atoms with E-state index in [1.165, 1.54) is 0 Å². The van der Waals surface area contributed by atoms with Gasteiger partial charge in [0.05, 0.1) is 6.42 Å². The van der Waals surface area contributed by atoms with E-state index in [2.05, 4.69) is 5.32 Å². The summed E-state index contributed by atoms with van der Waals surface area (Å²) in [6, 6.07) is 7.08. The Labute approximate surface area is 90.1 Å². The first-order chi connectivity index (χ1) is 7.13. The van der Waals surface area contributed by atoms with E-state index >= 15 is 0 Å². The van der Waals surface area contributed by atoms with E-state index in [0.29, 0.717) is 5.56 Å². The number of hydrogen-bond acceptors (Lipinski definition) is 2. The minimum absolute atomic E-state index is 0.0501. The zero-order chi connectivity index (χ0) is 11.3. The molecule has 0 heterocycles. The molecule has 0 bridgehead atoms. The van der Waals surface area contributed by atoms with Crippen LogP contribution in [0, 0.1) is 0 Å². The monoisotopic (exact) mass is 207 g/mol. The van der Waals surface area contributed by atoms with Crippen LogP contribution in [0.3, 0.4) is 0 Å². The van der Waals surface area contributed by atoms with Crippen LogP contribution in [-0.4, -0.2) is 17.1 Å².